The molecule has 31 heavy (non-hydrogen) atoms. The first-order valence-electron chi connectivity index (χ1n) is 10.2. The van der Waals surface area contributed by atoms with Gasteiger partial charge in [-0.3, -0.25) is 9.69 Å². The molecule has 4 rings (SSSR count). The van der Waals surface area contributed by atoms with E-state index in [0.717, 1.165) is 6.42 Å². The zero-order valence-electron chi connectivity index (χ0n) is 16.7. The molecule has 7 nitrogen and oxygen atoms in total. The Bertz CT molecular complexity index is 1010. The van der Waals surface area contributed by atoms with Gasteiger partial charge in [0.15, 0.2) is 0 Å². The lowest BCUT2D eigenvalue weighted by Gasteiger charge is -2.47. The summed E-state index contributed by atoms with van der Waals surface area (Å²) in [6.07, 6.45) is 1.71. The molecule has 3 N–H and O–H groups in total. The molecular formula is C23H23FN2O5. The molecule has 1 aliphatic carbocycles. The molecule has 0 aromatic heterocycles. The van der Waals surface area contributed by atoms with Crippen LogP contribution in [-0.2, 0) is 9.59 Å². The SMILES string of the molecule is NC(CC=O)(C(=O)O)C1c2ccccc2N(C(=O)Oc2ccc(F)cc2)C2CCCC21. The van der Waals surface area contributed by atoms with Crippen LogP contribution in [0.1, 0.15) is 37.2 Å². The minimum absolute atomic E-state index is 0.209. The summed E-state index contributed by atoms with van der Waals surface area (Å²) < 4.78 is 18.7. The van der Waals surface area contributed by atoms with Crippen molar-refractivity contribution in [2.75, 3.05) is 4.90 Å². The maximum Gasteiger partial charge on any atom is 0.420 e. The normalized spacial score (nSPS) is 23.9. The third kappa shape index (κ3) is 3.57. The first-order valence-corrected chi connectivity index (χ1v) is 10.2. The molecule has 1 amide bonds. The lowest BCUT2D eigenvalue weighted by molar-refractivity contribution is -0.146. The predicted molar refractivity (Wildman–Crippen MR) is 110 cm³/mol. The van der Waals surface area contributed by atoms with Crippen LogP contribution in [0.15, 0.2) is 48.5 Å². The molecule has 4 unspecified atom stereocenters. The van der Waals surface area contributed by atoms with Gasteiger partial charge in [0.1, 0.15) is 23.4 Å². The summed E-state index contributed by atoms with van der Waals surface area (Å²) in [6, 6.07) is 11.8. The van der Waals surface area contributed by atoms with Crippen LogP contribution in [0.2, 0.25) is 0 Å². The summed E-state index contributed by atoms with van der Waals surface area (Å²) in [5, 5.41) is 9.93. The lowest BCUT2D eigenvalue weighted by Crippen LogP contribution is -2.60. The van der Waals surface area contributed by atoms with E-state index in [-0.39, 0.29) is 24.1 Å². The zero-order valence-corrected chi connectivity index (χ0v) is 16.7. The Morgan fingerprint density at radius 3 is 2.58 bits per heavy atom. The van der Waals surface area contributed by atoms with Crippen LogP contribution in [0.5, 0.6) is 5.75 Å². The van der Waals surface area contributed by atoms with E-state index in [1.54, 1.807) is 29.2 Å². The van der Waals surface area contributed by atoms with Gasteiger partial charge >= 0.3 is 12.1 Å². The topological polar surface area (TPSA) is 110 Å². The van der Waals surface area contributed by atoms with Crippen molar-refractivity contribution in [3.8, 4) is 5.75 Å². The van der Waals surface area contributed by atoms with Gasteiger partial charge in [-0.15, -0.1) is 0 Å². The highest BCUT2D eigenvalue weighted by molar-refractivity contribution is 5.93. The van der Waals surface area contributed by atoms with E-state index in [1.165, 1.54) is 24.3 Å². The van der Waals surface area contributed by atoms with E-state index in [1.807, 2.05) is 0 Å². The molecule has 2 aromatic rings. The number of para-hydroxylation sites is 1. The summed E-state index contributed by atoms with van der Waals surface area (Å²) in [4.78, 5) is 38.2. The van der Waals surface area contributed by atoms with Crippen molar-refractivity contribution in [1.82, 2.24) is 0 Å². The number of rotatable bonds is 5. The summed E-state index contributed by atoms with van der Waals surface area (Å²) >= 11 is 0. The quantitative estimate of drug-likeness (QED) is 0.709. The number of aliphatic carboxylic acids is 1. The standard InChI is InChI=1S/C23H23FN2O5/c24-14-8-10-15(11-9-14)31-22(30)26-18-6-2-1-4-16(18)20(17-5-3-7-19(17)26)23(25,12-13-27)21(28)29/h1-2,4,6,8-11,13,17,19-20H,3,5,7,12,25H2,(H,28,29). The molecule has 1 fully saturated rings. The Kier molecular flexibility index (Phi) is 5.49. The molecule has 2 aromatic carbocycles. The Labute approximate surface area is 178 Å². The molecule has 1 heterocycles. The number of aldehydes is 1. The maximum absolute atomic E-state index is 13.2. The molecule has 4 atom stereocenters. The number of benzene rings is 2. The Hall–Kier alpha value is -3.26. The summed E-state index contributed by atoms with van der Waals surface area (Å²) in [6.45, 7) is 0. The molecule has 0 bridgehead atoms. The number of carbonyl (C=O) groups excluding carboxylic acids is 2. The molecule has 2 aliphatic rings. The zero-order chi connectivity index (χ0) is 22.2. The number of ether oxygens (including phenoxy) is 1. The van der Waals surface area contributed by atoms with Crippen LogP contribution < -0.4 is 15.4 Å². The first kappa shape index (κ1) is 21.0. The smallest absolute Gasteiger partial charge is 0.420 e. The van der Waals surface area contributed by atoms with Crippen LogP contribution in [0.25, 0.3) is 0 Å². The van der Waals surface area contributed by atoms with Gasteiger partial charge in [-0.05, 0) is 54.7 Å². The first-order chi connectivity index (χ1) is 14.9. The van der Waals surface area contributed by atoms with Gasteiger partial charge in [0.2, 0.25) is 0 Å². The number of carboxylic acids is 1. The number of anilines is 1. The van der Waals surface area contributed by atoms with E-state index in [2.05, 4.69) is 0 Å². The van der Waals surface area contributed by atoms with Gasteiger partial charge in [0.25, 0.3) is 0 Å². The van der Waals surface area contributed by atoms with Crippen molar-refractivity contribution in [3.63, 3.8) is 0 Å². The average molecular weight is 426 g/mol. The third-order valence-corrected chi connectivity index (χ3v) is 6.41. The Morgan fingerprint density at radius 1 is 1.19 bits per heavy atom. The van der Waals surface area contributed by atoms with E-state index in [4.69, 9.17) is 10.5 Å². The van der Waals surface area contributed by atoms with Crippen LogP contribution in [0, 0.1) is 11.7 Å². The molecule has 0 radical (unpaired) electrons. The fourth-order valence-electron chi connectivity index (χ4n) is 5.09. The van der Waals surface area contributed by atoms with Crippen LogP contribution >= 0.6 is 0 Å². The maximum atomic E-state index is 13.2. The summed E-state index contributed by atoms with van der Waals surface area (Å²) in [5.74, 6) is -2.34. The summed E-state index contributed by atoms with van der Waals surface area (Å²) in [5.41, 5.74) is 5.70. The number of nitrogens with zero attached hydrogens (tertiary/aromatic N) is 1. The van der Waals surface area contributed by atoms with Crippen LogP contribution in [0.3, 0.4) is 0 Å². The fourth-order valence-corrected chi connectivity index (χ4v) is 5.09. The highest BCUT2D eigenvalue weighted by Crippen LogP contribution is 2.53. The number of amides is 1. The molecule has 1 aliphatic heterocycles. The van der Waals surface area contributed by atoms with E-state index < -0.39 is 29.3 Å². The van der Waals surface area contributed by atoms with Crippen LogP contribution in [-0.4, -0.2) is 35.0 Å². The minimum Gasteiger partial charge on any atom is -0.480 e. The van der Waals surface area contributed by atoms with Gasteiger partial charge in [-0.2, -0.15) is 0 Å². The van der Waals surface area contributed by atoms with Crippen molar-refractivity contribution in [1.29, 1.82) is 0 Å². The summed E-state index contributed by atoms with van der Waals surface area (Å²) in [7, 11) is 0. The lowest BCUT2D eigenvalue weighted by atomic mass is 9.66. The molecular weight excluding hydrogens is 403 g/mol. The van der Waals surface area contributed by atoms with Gasteiger partial charge in [-0.1, -0.05) is 24.6 Å². The third-order valence-electron chi connectivity index (χ3n) is 6.41. The van der Waals surface area contributed by atoms with Crippen LogP contribution in [0.4, 0.5) is 14.9 Å². The van der Waals surface area contributed by atoms with Crippen molar-refractivity contribution in [2.24, 2.45) is 11.7 Å². The molecule has 0 saturated heterocycles. The van der Waals surface area contributed by atoms with Crippen molar-refractivity contribution >= 4 is 24.0 Å². The van der Waals surface area contributed by atoms with Gasteiger partial charge in [0.05, 0.1) is 5.69 Å². The van der Waals surface area contributed by atoms with Crippen molar-refractivity contribution in [2.45, 2.75) is 43.2 Å². The minimum atomic E-state index is -1.78. The monoisotopic (exact) mass is 426 g/mol. The molecule has 1 saturated carbocycles. The number of halogens is 1. The number of hydrogen-bond donors (Lipinski definition) is 2. The fraction of sp³-hybridized carbons (Fsp3) is 0.348. The number of nitrogens with two attached hydrogens (primary N) is 1. The highest BCUT2D eigenvalue weighted by atomic mass is 19.1. The Morgan fingerprint density at radius 2 is 1.90 bits per heavy atom. The second-order valence-electron chi connectivity index (χ2n) is 8.11. The van der Waals surface area contributed by atoms with Gasteiger partial charge in [-0.25, -0.2) is 9.18 Å². The number of carbonyl (C=O) groups is 3. The second-order valence-corrected chi connectivity index (χ2v) is 8.11. The van der Waals surface area contributed by atoms with Crippen molar-refractivity contribution < 1.29 is 28.6 Å². The van der Waals surface area contributed by atoms with Gasteiger partial charge in [0, 0.05) is 18.4 Å². The number of fused-ring (bicyclic) bond motifs is 2. The number of carboxylic acid groups (broad SMARTS) is 1. The molecule has 0 spiro atoms. The van der Waals surface area contributed by atoms with Gasteiger partial charge < -0.3 is 20.4 Å². The predicted octanol–water partition coefficient (Wildman–Crippen LogP) is 3.47. The average Bonchev–Trinajstić information content (AvgIpc) is 3.22. The molecule has 162 valence electrons. The van der Waals surface area contributed by atoms with E-state index >= 15 is 0 Å². The molecule has 8 heteroatoms. The van der Waals surface area contributed by atoms with E-state index in [0.29, 0.717) is 30.4 Å². The second kappa shape index (κ2) is 8.11. The van der Waals surface area contributed by atoms with E-state index in [9.17, 15) is 23.9 Å². The largest absolute Gasteiger partial charge is 0.480 e. The highest BCUT2D eigenvalue weighted by Gasteiger charge is 2.55. The van der Waals surface area contributed by atoms with Crippen molar-refractivity contribution in [3.05, 3.63) is 59.9 Å². The Balaban J connectivity index is 1.78. The number of hydrogen-bond acceptors (Lipinski definition) is 5.